The fraction of sp³-hybridized carbons (Fsp3) is 0.0588. The zero-order chi connectivity index (χ0) is 17.7. The molecule has 0 saturated carbocycles. The number of hydrogen-bond acceptors (Lipinski definition) is 3. The fourth-order valence-corrected chi connectivity index (χ4v) is 2.92. The van der Waals surface area contributed by atoms with Crippen molar-refractivity contribution in [2.45, 2.75) is 0 Å². The molecule has 0 radical (unpaired) electrons. The van der Waals surface area contributed by atoms with Crippen molar-refractivity contribution in [1.82, 2.24) is 0 Å². The minimum atomic E-state index is -0.512. The molecule has 0 heterocycles. The topological polar surface area (TPSA) is 62.1 Å². The second kappa shape index (κ2) is 8.38. The van der Waals surface area contributed by atoms with Crippen LogP contribution in [0.1, 0.15) is 5.56 Å². The lowest BCUT2D eigenvalue weighted by molar-refractivity contribution is -0.112. The van der Waals surface area contributed by atoms with E-state index in [2.05, 4.69) is 27.9 Å². The summed E-state index contributed by atoms with van der Waals surface area (Å²) in [6.45, 7) is 0. The van der Waals surface area contributed by atoms with Gasteiger partial charge in [-0.15, -0.1) is 0 Å². The van der Waals surface area contributed by atoms with E-state index in [9.17, 15) is 10.1 Å². The normalized spacial score (nSPS) is 10.9. The monoisotopic (exact) mass is 472 g/mol. The largest absolute Gasteiger partial charge is 0.494 e. The first-order chi connectivity index (χ1) is 11.4. The van der Waals surface area contributed by atoms with Gasteiger partial charge in [-0.25, -0.2) is 0 Å². The van der Waals surface area contributed by atoms with Crippen LogP contribution in [0.2, 0.25) is 10.0 Å². The van der Waals surface area contributed by atoms with E-state index in [0.29, 0.717) is 27.0 Å². The number of anilines is 1. The van der Waals surface area contributed by atoms with Crippen molar-refractivity contribution in [3.8, 4) is 11.8 Å². The highest BCUT2D eigenvalue weighted by Gasteiger charge is 2.12. The van der Waals surface area contributed by atoms with Gasteiger partial charge in [-0.2, -0.15) is 5.26 Å². The van der Waals surface area contributed by atoms with Crippen molar-refractivity contribution in [3.05, 3.63) is 61.2 Å². The predicted octanol–water partition coefficient (Wildman–Crippen LogP) is 5.15. The highest BCUT2D eigenvalue weighted by Crippen LogP contribution is 2.34. The molecule has 2 aromatic rings. The van der Waals surface area contributed by atoms with Gasteiger partial charge in [-0.3, -0.25) is 4.79 Å². The number of amides is 1. The second-order valence-corrected chi connectivity index (χ2v) is 6.71. The first-order valence-corrected chi connectivity index (χ1v) is 8.50. The van der Waals surface area contributed by atoms with Crippen LogP contribution in [0.15, 0.2) is 42.0 Å². The number of carbonyl (C=O) groups is 1. The average molecular weight is 473 g/mol. The Morgan fingerprint density at radius 3 is 2.33 bits per heavy atom. The SMILES string of the molecule is COc1c(Cl)cc(/C=C(\C#N)C(=O)Nc2ccc(I)cc2)cc1Cl. The van der Waals surface area contributed by atoms with Gasteiger partial charge in [0.05, 0.1) is 17.2 Å². The first-order valence-electron chi connectivity index (χ1n) is 6.66. The Balaban J connectivity index is 2.27. The van der Waals surface area contributed by atoms with Crippen molar-refractivity contribution >= 4 is 63.5 Å². The Hall–Kier alpha value is -1.75. The highest BCUT2D eigenvalue weighted by molar-refractivity contribution is 14.1. The number of carbonyl (C=O) groups excluding carboxylic acids is 1. The molecule has 0 saturated heterocycles. The molecule has 7 heteroatoms. The molecule has 4 nitrogen and oxygen atoms in total. The summed E-state index contributed by atoms with van der Waals surface area (Å²) in [6.07, 6.45) is 1.42. The van der Waals surface area contributed by atoms with Gasteiger partial charge in [0.2, 0.25) is 0 Å². The van der Waals surface area contributed by atoms with Gasteiger partial charge in [-0.1, -0.05) is 23.2 Å². The third kappa shape index (κ3) is 4.63. The van der Waals surface area contributed by atoms with E-state index in [1.807, 2.05) is 18.2 Å². The molecule has 2 rings (SSSR count). The smallest absolute Gasteiger partial charge is 0.266 e. The summed E-state index contributed by atoms with van der Waals surface area (Å²) in [4.78, 5) is 12.2. The molecule has 0 unspecified atom stereocenters. The zero-order valence-electron chi connectivity index (χ0n) is 12.4. The van der Waals surface area contributed by atoms with Gasteiger partial charge < -0.3 is 10.1 Å². The van der Waals surface area contributed by atoms with Gasteiger partial charge in [0.25, 0.3) is 5.91 Å². The second-order valence-electron chi connectivity index (χ2n) is 4.65. The molecule has 2 aromatic carbocycles. The number of nitrogens with one attached hydrogen (secondary N) is 1. The summed E-state index contributed by atoms with van der Waals surface area (Å²) in [5.74, 6) is -0.167. The van der Waals surface area contributed by atoms with Crippen LogP contribution in [-0.4, -0.2) is 13.0 Å². The summed E-state index contributed by atoms with van der Waals surface area (Å²) in [6, 6.07) is 12.3. The van der Waals surface area contributed by atoms with E-state index in [4.69, 9.17) is 27.9 Å². The number of rotatable bonds is 4. The molecule has 0 bridgehead atoms. The Kier molecular flexibility index (Phi) is 6.49. The van der Waals surface area contributed by atoms with Gasteiger partial charge in [0, 0.05) is 9.26 Å². The number of halogens is 3. The van der Waals surface area contributed by atoms with Crippen LogP contribution in [0.3, 0.4) is 0 Å². The van der Waals surface area contributed by atoms with Crippen molar-refractivity contribution in [2.24, 2.45) is 0 Å². The summed E-state index contributed by atoms with van der Waals surface area (Å²) >= 11 is 14.3. The molecule has 0 aliphatic heterocycles. The number of benzene rings is 2. The van der Waals surface area contributed by atoms with Crippen LogP contribution in [0.4, 0.5) is 5.69 Å². The van der Waals surface area contributed by atoms with Crippen molar-refractivity contribution in [3.63, 3.8) is 0 Å². The fourth-order valence-electron chi connectivity index (χ4n) is 1.90. The maximum absolute atomic E-state index is 12.2. The quantitative estimate of drug-likeness (QED) is 0.380. The van der Waals surface area contributed by atoms with Crippen molar-refractivity contribution in [1.29, 1.82) is 5.26 Å². The average Bonchev–Trinajstić information content (AvgIpc) is 2.54. The summed E-state index contributed by atoms with van der Waals surface area (Å²) < 4.78 is 6.11. The third-order valence-corrected chi connectivity index (χ3v) is 4.28. The first kappa shape index (κ1) is 18.6. The van der Waals surface area contributed by atoms with Crippen LogP contribution < -0.4 is 10.1 Å². The maximum atomic E-state index is 12.2. The molecular weight excluding hydrogens is 462 g/mol. The Morgan fingerprint density at radius 1 is 1.25 bits per heavy atom. The van der Waals surface area contributed by atoms with E-state index in [1.165, 1.54) is 13.2 Å². The summed E-state index contributed by atoms with van der Waals surface area (Å²) in [5, 5.41) is 12.5. The lowest BCUT2D eigenvalue weighted by Crippen LogP contribution is -2.13. The Morgan fingerprint density at radius 2 is 1.83 bits per heavy atom. The van der Waals surface area contributed by atoms with Crippen LogP contribution in [0, 0.1) is 14.9 Å². The molecule has 0 aliphatic carbocycles. The molecule has 0 aromatic heterocycles. The van der Waals surface area contributed by atoms with Gasteiger partial charge in [-0.05, 0) is 70.6 Å². The van der Waals surface area contributed by atoms with Crippen LogP contribution >= 0.6 is 45.8 Å². The number of nitrogens with zero attached hydrogens (tertiary/aromatic N) is 1. The number of ether oxygens (including phenoxy) is 1. The molecular formula is C17H11Cl2IN2O2. The minimum Gasteiger partial charge on any atom is -0.494 e. The summed E-state index contributed by atoms with van der Waals surface area (Å²) in [7, 11) is 1.46. The van der Waals surface area contributed by atoms with E-state index in [1.54, 1.807) is 24.3 Å². The molecule has 0 fully saturated rings. The lowest BCUT2D eigenvalue weighted by Gasteiger charge is -2.07. The van der Waals surface area contributed by atoms with Gasteiger partial charge in [0.1, 0.15) is 11.6 Å². The Bertz CT molecular complexity index is 820. The van der Waals surface area contributed by atoms with Gasteiger partial charge in [0.15, 0.2) is 5.75 Å². The van der Waals surface area contributed by atoms with E-state index < -0.39 is 5.91 Å². The molecule has 1 amide bonds. The molecule has 24 heavy (non-hydrogen) atoms. The van der Waals surface area contributed by atoms with Crippen LogP contribution in [0.5, 0.6) is 5.75 Å². The van der Waals surface area contributed by atoms with Crippen molar-refractivity contribution < 1.29 is 9.53 Å². The number of methoxy groups -OCH3 is 1. The number of nitriles is 1. The standard InChI is InChI=1S/C17H11Cl2IN2O2/c1-24-16-14(18)7-10(8-15(16)19)6-11(9-21)17(23)22-13-4-2-12(20)3-5-13/h2-8H,1H3,(H,22,23)/b11-6+. The van der Waals surface area contributed by atoms with Crippen LogP contribution in [0.25, 0.3) is 6.08 Å². The number of hydrogen-bond donors (Lipinski definition) is 1. The predicted molar refractivity (Wildman–Crippen MR) is 104 cm³/mol. The van der Waals surface area contributed by atoms with E-state index >= 15 is 0 Å². The molecule has 0 spiro atoms. The van der Waals surface area contributed by atoms with E-state index in [-0.39, 0.29) is 5.57 Å². The molecule has 0 atom stereocenters. The third-order valence-electron chi connectivity index (χ3n) is 3.00. The molecule has 122 valence electrons. The lowest BCUT2D eigenvalue weighted by atomic mass is 10.1. The zero-order valence-corrected chi connectivity index (χ0v) is 16.1. The summed E-state index contributed by atoms with van der Waals surface area (Å²) in [5.41, 5.74) is 1.07. The van der Waals surface area contributed by atoms with Crippen molar-refractivity contribution in [2.75, 3.05) is 12.4 Å². The van der Waals surface area contributed by atoms with Crippen LogP contribution in [-0.2, 0) is 4.79 Å². The maximum Gasteiger partial charge on any atom is 0.266 e. The minimum absolute atomic E-state index is 0.0640. The Labute approximate surface area is 163 Å². The highest BCUT2D eigenvalue weighted by atomic mass is 127. The van der Waals surface area contributed by atoms with E-state index in [0.717, 1.165) is 3.57 Å². The van der Waals surface area contributed by atoms with Gasteiger partial charge >= 0.3 is 0 Å². The molecule has 0 aliphatic rings. The molecule has 1 N–H and O–H groups in total.